The molecule has 0 spiro atoms. The normalized spacial score (nSPS) is 20.5. The van der Waals surface area contributed by atoms with E-state index >= 15 is 0 Å². The molecule has 0 unspecified atom stereocenters. The lowest BCUT2D eigenvalue weighted by molar-refractivity contribution is -0.113. The Kier molecular flexibility index (Phi) is 5.56. The number of carbonyl (C=O) groups is 1. The number of hydrogen-bond donors (Lipinski definition) is 1. The number of Topliss-reactive ketones (excluding diaryl/α,β-unsaturated/α-hetero) is 1. The van der Waals surface area contributed by atoms with Gasteiger partial charge in [-0.2, -0.15) is 0 Å². The van der Waals surface area contributed by atoms with E-state index < -0.39 is 23.3 Å². The van der Waals surface area contributed by atoms with E-state index in [9.17, 15) is 22.4 Å². The van der Waals surface area contributed by atoms with Gasteiger partial charge in [-0.25, -0.2) is 17.6 Å². The topological polar surface area (TPSA) is 29.1 Å². The average molecular weight is 375 g/mol. The van der Waals surface area contributed by atoms with Crippen molar-refractivity contribution in [2.45, 2.75) is 18.9 Å². The Labute approximate surface area is 154 Å². The molecule has 1 aliphatic carbocycles. The van der Waals surface area contributed by atoms with Crippen molar-refractivity contribution in [1.82, 2.24) is 5.32 Å². The van der Waals surface area contributed by atoms with Crippen molar-refractivity contribution in [2.75, 3.05) is 7.05 Å². The van der Waals surface area contributed by atoms with Crippen molar-refractivity contribution in [1.29, 1.82) is 0 Å². The summed E-state index contributed by atoms with van der Waals surface area (Å²) in [6, 6.07) is 6.79. The third-order valence-electron chi connectivity index (χ3n) is 4.49. The third kappa shape index (κ3) is 4.34. The summed E-state index contributed by atoms with van der Waals surface area (Å²) in [6.07, 6.45) is 3.88. The molecule has 2 aromatic rings. The van der Waals surface area contributed by atoms with E-state index in [2.05, 4.69) is 5.32 Å². The van der Waals surface area contributed by atoms with Crippen LogP contribution in [0.3, 0.4) is 0 Å². The Balaban J connectivity index is 1.97. The van der Waals surface area contributed by atoms with Crippen molar-refractivity contribution in [3.05, 3.63) is 81.9 Å². The van der Waals surface area contributed by atoms with Crippen molar-refractivity contribution in [2.24, 2.45) is 0 Å². The number of benzene rings is 2. The standard InChI is InChI=1S/C21H17F4NO/c1-26-16-10-14(6-12-2-4-17(22)19(24)8-12)21(27)15(11-16)7-13-3-5-18(23)20(25)9-13/h2-9,16,26H,10-11H2,1H3/b14-6+,15-7+. The highest BCUT2D eigenvalue weighted by Gasteiger charge is 2.27. The predicted molar refractivity (Wildman–Crippen MR) is 95.8 cm³/mol. The molecule has 6 heteroatoms. The monoisotopic (exact) mass is 375 g/mol. The molecule has 0 atom stereocenters. The first-order chi connectivity index (χ1) is 12.9. The van der Waals surface area contributed by atoms with Crippen LogP contribution in [-0.2, 0) is 4.79 Å². The maximum absolute atomic E-state index is 13.4. The molecule has 2 aromatic carbocycles. The molecule has 140 valence electrons. The second-order valence-corrected chi connectivity index (χ2v) is 6.41. The second-order valence-electron chi connectivity index (χ2n) is 6.41. The summed E-state index contributed by atoms with van der Waals surface area (Å²) in [5, 5.41) is 3.09. The molecular weight excluding hydrogens is 358 g/mol. The van der Waals surface area contributed by atoms with Crippen LogP contribution in [0.15, 0.2) is 47.5 Å². The number of halogens is 4. The molecular formula is C21H17F4NO. The highest BCUT2D eigenvalue weighted by Crippen LogP contribution is 2.29. The molecule has 1 N–H and O–H groups in total. The molecule has 1 aliphatic rings. The summed E-state index contributed by atoms with van der Waals surface area (Å²) >= 11 is 0. The Hall–Kier alpha value is -2.73. The van der Waals surface area contributed by atoms with E-state index in [0.717, 1.165) is 24.3 Å². The van der Waals surface area contributed by atoms with E-state index in [-0.39, 0.29) is 11.8 Å². The predicted octanol–water partition coefficient (Wildman–Crippen LogP) is 4.66. The van der Waals surface area contributed by atoms with E-state index in [0.29, 0.717) is 35.1 Å². The van der Waals surface area contributed by atoms with E-state index in [1.54, 1.807) is 7.05 Å². The number of carbonyl (C=O) groups excluding carboxylic acids is 1. The molecule has 0 aliphatic heterocycles. The van der Waals surface area contributed by atoms with Crippen molar-refractivity contribution >= 4 is 17.9 Å². The zero-order chi connectivity index (χ0) is 19.6. The number of hydrogen-bond acceptors (Lipinski definition) is 2. The minimum Gasteiger partial charge on any atom is -0.316 e. The maximum atomic E-state index is 13.4. The quantitative estimate of drug-likeness (QED) is 0.624. The minimum absolute atomic E-state index is 0.0456. The van der Waals surface area contributed by atoms with Crippen molar-refractivity contribution in [3.8, 4) is 0 Å². The van der Waals surface area contributed by atoms with Crippen LogP contribution in [-0.4, -0.2) is 18.9 Å². The van der Waals surface area contributed by atoms with Gasteiger partial charge in [0.15, 0.2) is 29.1 Å². The lowest BCUT2D eigenvalue weighted by Gasteiger charge is -2.25. The zero-order valence-electron chi connectivity index (χ0n) is 14.5. The van der Waals surface area contributed by atoms with Crippen LogP contribution in [0.1, 0.15) is 24.0 Å². The van der Waals surface area contributed by atoms with Gasteiger partial charge in [0.1, 0.15) is 0 Å². The average Bonchev–Trinajstić information content (AvgIpc) is 2.64. The molecule has 3 rings (SSSR count). The molecule has 0 aromatic heterocycles. The minimum atomic E-state index is -0.990. The number of ketones is 1. The first-order valence-corrected chi connectivity index (χ1v) is 8.40. The van der Waals surface area contributed by atoms with Crippen LogP contribution in [0.5, 0.6) is 0 Å². The van der Waals surface area contributed by atoms with Gasteiger partial charge in [0.05, 0.1) is 0 Å². The first kappa shape index (κ1) is 19.0. The maximum Gasteiger partial charge on any atom is 0.185 e. The lowest BCUT2D eigenvalue weighted by Crippen LogP contribution is -2.33. The second kappa shape index (κ2) is 7.88. The van der Waals surface area contributed by atoms with Crippen LogP contribution in [0, 0.1) is 23.3 Å². The molecule has 0 radical (unpaired) electrons. The van der Waals surface area contributed by atoms with Gasteiger partial charge in [0.2, 0.25) is 0 Å². The summed E-state index contributed by atoms with van der Waals surface area (Å²) in [5.41, 5.74) is 1.61. The number of rotatable bonds is 3. The summed E-state index contributed by atoms with van der Waals surface area (Å²) in [7, 11) is 1.75. The smallest absolute Gasteiger partial charge is 0.185 e. The van der Waals surface area contributed by atoms with E-state index in [1.165, 1.54) is 24.3 Å². The van der Waals surface area contributed by atoms with Gasteiger partial charge in [-0.1, -0.05) is 12.1 Å². The van der Waals surface area contributed by atoms with Gasteiger partial charge in [-0.05, 0) is 67.4 Å². The Morgan fingerprint density at radius 1 is 0.815 bits per heavy atom. The largest absolute Gasteiger partial charge is 0.316 e. The Morgan fingerprint density at radius 3 is 1.63 bits per heavy atom. The van der Waals surface area contributed by atoms with Gasteiger partial charge < -0.3 is 5.32 Å². The summed E-state index contributed by atoms with van der Waals surface area (Å²) in [4.78, 5) is 12.8. The first-order valence-electron chi connectivity index (χ1n) is 8.40. The fourth-order valence-corrected chi connectivity index (χ4v) is 3.05. The summed E-state index contributed by atoms with van der Waals surface area (Å²) in [5.74, 6) is -4.15. The SMILES string of the molecule is CNC1C/C(=C\c2ccc(F)c(F)c2)C(=O)/C(=C/c2ccc(F)c(F)c2)C1. The molecule has 2 nitrogen and oxygen atoms in total. The Bertz CT molecular complexity index is 876. The fourth-order valence-electron chi connectivity index (χ4n) is 3.05. The van der Waals surface area contributed by atoms with Crippen molar-refractivity contribution in [3.63, 3.8) is 0 Å². The molecule has 0 saturated heterocycles. The van der Waals surface area contributed by atoms with Gasteiger partial charge in [-0.3, -0.25) is 4.79 Å². The van der Waals surface area contributed by atoms with E-state index in [1.807, 2.05) is 0 Å². The van der Waals surface area contributed by atoms with Crippen LogP contribution in [0.4, 0.5) is 17.6 Å². The molecule has 1 saturated carbocycles. The molecule has 27 heavy (non-hydrogen) atoms. The van der Waals surface area contributed by atoms with Crippen LogP contribution >= 0.6 is 0 Å². The van der Waals surface area contributed by atoms with Gasteiger partial charge >= 0.3 is 0 Å². The summed E-state index contributed by atoms with van der Waals surface area (Å²) in [6.45, 7) is 0. The highest BCUT2D eigenvalue weighted by atomic mass is 19.2. The van der Waals surface area contributed by atoms with Crippen LogP contribution < -0.4 is 5.32 Å². The van der Waals surface area contributed by atoms with Gasteiger partial charge in [0, 0.05) is 17.2 Å². The van der Waals surface area contributed by atoms with Crippen molar-refractivity contribution < 1.29 is 22.4 Å². The van der Waals surface area contributed by atoms with Crippen LogP contribution in [0.25, 0.3) is 12.2 Å². The van der Waals surface area contributed by atoms with Crippen LogP contribution in [0.2, 0.25) is 0 Å². The summed E-state index contributed by atoms with van der Waals surface area (Å²) < 4.78 is 53.1. The zero-order valence-corrected chi connectivity index (χ0v) is 14.5. The molecule has 0 bridgehead atoms. The highest BCUT2D eigenvalue weighted by molar-refractivity contribution is 6.14. The van der Waals surface area contributed by atoms with E-state index in [4.69, 9.17) is 0 Å². The Morgan fingerprint density at radius 2 is 1.26 bits per heavy atom. The molecule has 0 amide bonds. The lowest BCUT2D eigenvalue weighted by atomic mass is 9.83. The number of nitrogens with one attached hydrogen (secondary N) is 1. The third-order valence-corrected chi connectivity index (χ3v) is 4.49. The fraction of sp³-hybridized carbons (Fsp3) is 0.190. The van der Waals surface area contributed by atoms with Gasteiger partial charge in [0.25, 0.3) is 0 Å². The molecule has 1 fully saturated rings. The molecule has 0 heterocycles. The van der Waals surface area contributed by atoms with Gasteiger partial charge in [-0.15, -0.1) is 0 Å².